The van der Waals surface area contributed by atoms with Crippen LogP contribution in [0, 0.1) is 11.6 Å². The minimum absolute atomic E-state index is 0.0821. The summed E-state index contributed by atoms with van der Waals surface area (Å²) in [5, 5.41) is 7.37. The first-order valence-corrected chi connectivity index (χ1v) is 8.92. The molecule has 1 aliphatic carbocycles. The molecule has 1 aliphatic rings. The molecular weight excluding hydrogens is 352 g/mol. The van der Waals surface area contributed by atoms with E-state index in [1.54, 1.807) is 36.5 Å². The number of carbonyl (C=O) groups excluding carboxylic acids is 2. The number of quaternary nitrogens is 1. The standard InChI is InChI=1S/C20H21F2N3O2/c1-12(13-6-9-16(21)17(22)10-13)23-11-19(26)25-18-5-3-2-4-15(18)20(27)24-14-7-8-14/h2-6,9-10,12,14,23H,7-8,11H2,1H3,(H,24,27)(H,25,26)/p+1/t12-/m0/s1. The molecule has 27 heavy (non-hydrogen) atoms. The second-order valence-corrected chi connectivity index (χ2v) is 6.74. The summed E-state index contributed by atoms with van der Waals surface area (Å²) in [6.45, 7) is 1.88. The number of anilines is 1. The lowest BCUT2D eigenvalue weighted by Crippen LogP contribution is -2.86. The van der Waals surface area contributed by atoms with Crippen molar-refractivity contribution in [1.82, 2.24) is 5.32 Å². The van der Waals surface area contributed by atoms with Gasteiger partial charge in [0.2, 0.25) is 0 Å². The van der Waals surface area contributed by atoms with E-state index in [0.717, 1.165) is 25.0 Å². The highest BCUT2D eigenvalue weighted by Gasteiger charge is 2.25. The molecule has 0 aliphatic heterocycles. The molecule has 0 saturated heterocycles. The fourth-order valence-electron chi connectivity index (χ4n) is 2.70. The molecule has 7 heteroatoms. The van der Waals surface area contributed by atoms with Crippen molar-refractivity contribution < 1.29 is 23.7 Å². The van der Waals surface area contributed by atoms with E-state index in [9.17, 15) is 18.4 Å². The van der Waals surface area contributed by atoms with Crippen molar-refractivity contribution in [1.29, 1.82) is 0 Å². The average Bonchev–Trinajstić information content (AvgIpc) is 3.46. The minimum Gasteiger partial charge on any atom is -0.349 e. The Morgan fingerprint density at radius 3 is 2.59 bits per heavy atom. The highest BCUT2D eigenvalue weighted by molar-refractivity contribution is 6.04. The topological polar surface area (TPSA) is 74.8 Å². The van der Waals surface area contributed by atoms with E-state index < -0.39 is 11.6 Å². The van der Waals surface area contributed by atoms with Crippen molar-refractivity contribution in [3.05, 3.63) is 65.2 Å². The zero-order chi connectivity index (χ0) is 19.4. The summed E-state index contributed by atoms with van der Waals surface area (Å²) >= 11 is 0. The van der Waals surface area contributed by atoms with E-state index in [4.69, 9.17) is 0 Å². The molecule has 3 rings (SSSR count). The largest absolute Gasteiger partial charge is 0.349 e. The van der Waals surface area contributed by atoms with Crippen molar-refractivity contribution in [2.45, 2.75) is 31.8 Å². The first-order chi connectivity index (χ1) is 12.9. The van der Waals surface area contributed by atoms with Crippen LogP contribution in [0.5, 0.6) is 0 Å². The van der Waals surface area contributed by atoms with Crippen LogP contribution in [-0.2, 0) is 4.79 Å². The molecule has 0 aromatic heterocycles. The van der Waals surface area contributed by atoms with Gasteiger partial charge in [-0.3, -0.25) is 9.59 Å². The van der Waals surface area contributed by atoms with Gasteiger partial charge in [0.1, 0.15) is 6.04 Å². The second kappa shape index (κ2) is 8.26. The maximum Gasteiger partial charge on any atom is 0.279 e. The van der Waals surface area contributed by atoms with Crippen molar-refractivity contribution >= 4 is 17.5 Å². The Morgan fingerprint density at radius 1 is 1.15 bits per heavy atom. The Bertz CT molecular complexity index is 853. The highest BCUT2D eigenvalue weighted by Crippen LogP contribution is 2.21. The molecule has 5 nitrogen and oxygen atoms in total. The van der Waals surface area contributed by atoms with Gasteiger partial charge in [0.15, 0.2) is 18.2 Å². The third-order valence-electron chi connectivity index (χ3n) is 4.48. The van der Waals surface area contributed by atoms with Crippen LogP contribution >= 0.6 is 0 Å². The molecule has 4 N–H and O–H groups in total. The van der Waals surface area contributed by atoms with Crippen LogP contribution in [0.15, 0.2) is 42.5 Å². The van der Waals surface area contributed by atoms with Crippen LogP contribution in [0.3, 0.4) is 0 Å². The van der Waals surface area contributed by atoms with Gasteiger partial charge in [0, 0.05) is 11.6 Å². The number of hydrogen-bond acceptors (Lipinski definition) is 2. The SMILES string of the molecule is C[C@H]([NH2+]CC(=O)Nc1ccccc1C(=O)NC1CC1)c1ccc(F)c(F)c1. The van der Waals surface area contributed by atoms with E-state index in [1.807, 2.05) is 0 Å². The molecule has 2 amide bonds. The number of rotatable bonds is 7. The summed E-state index contributed by atoms with van der Waals surface area (Å²) in [4.78, 5) is 24.5. The molecule has 0 heterocycles. The van der Waals surface area contributed by atoms with E-state index >= 15 is 0 Å². The molecule has 1 saturated carbocycles. The number of halogens is 2. The molecule has 0 radical (unpaired) electrons. The highest BCUT2D eigenvalue weighted by atomic mass is 19.2. The molecule has 0 spiro atoms. The Labute approximate surface area is 156 Å². The van der Waals surface area contributed by atoms with Gasteiger partial charge in [0.05, 0.1) is 11.3 Å². The van der Waals surface area contributed by atoms with Gasteiger partial charge in [0.25, 0.3) is 11.8 Å². The Kier molecular flexibility index (Phi) is 5.81. The first-order valence-electron chi connectivity index (χ1n) is 8.92. The third kappa shape index (κ3) is 5.10. The number of benzene rings is 2. The molecule has 0 bridgehead atoms. The van der Waals surface area contributed by atoms with Crippen molar-refractivity contribution in [3.63, 3.8) is 0 Å². The third-order valence-corrected chi connectivity index (χ3v) is 4.48. The van der Waals surface area contributed by atoms with Gasteiger partial charge in [-0.15, -0.1) is 0 Å². The van der Waals surface area contributed by atoms with Crippen LogP contribution < -0.4 is 16.0 Å². The summed E-state index contributed by atoms with van der Waals surface area (Å²) in [5.41, 5.74) is 1.46. The van der Waals surface area contributed by atoms with Gasteiger partial charge in [-0.25, -0.2) is 8.78 Å². The predicted molar refractivity (Wildman–Crippen MR) is 97.1 cm³/mol. The number of amides is 2. The van der Waals surface area contributed by atoms with Crippen LogP contribution in [0.4, 0.5) is 14.5 Å². The summed E-state index contributed by atoms with van der Waals surface area (Å²) in [5.74, 6) is -2.29. The molecule has 142 valence electrons. The van der Waals surface area contributed by atoms with Crippen LogP contribution in [0.1, 0.15) is 41.7 Å². The van der Waals surface area contributed by atoms with Crippen LogP contribution in [0.2, 0.25) is 0 Å². The van der Waals surface area contributed by atoms with E-state index in [2.05, 4.69) is 10.6 Å². The summed E-state index contributed by atoms with van der Waals surface area (Å²) in [6, 6.07) is 10.5. The maximum absolute atomic E-state index is 13.3. The normalized spacial score (nSPS) is 14.5. The number of nitrogens with two attached hydrogens (primary N) is 1. The van der Waals surface area contributed by atoms with E-state index in [1.165, 1.54) is 6.07 Å². The molecule has 1 atom stereocenters. The summed E-state index contributed by atoms with van der Waals surface area (Å²) in [7, 11) is 0. The van der Waals surface area contributed by atoms with Gasteiger partial charge >= 0.3 is 0 Å². The first kappa shape index (κ1) is 19.0. The van der Waals surface area contributed by atoms with Gasteiger partial charge in [-0.2, -0.15) is 0 Å². The number of nitrogens with one attached hydrogen (secondary N) is 2. The van der Waals surface area contributed by atoms with Gasteiger partial charge < -0.3 is 16.0 Å². The molecule has 2 aromatic rings. The van der Waals surface area contributed by atoms with Crippen molar-refractivity contribution in [3.8, 4) is 0 Å². The van der Waals surface area contributed by atoms with E-state index in [-0.39, 0.29) is 30.4 Å². The van der Waals surface area contributed by atoms with Crippen molar-refractivity contribution in [2.75, 3.05) is 11.9 Å². The molecule has 1 fully saturated rings. The Morgan fingerprint density at radius 2 is 1.89 bits per heavy atom. The Hall–Kier alpha value is -2.80. The minimum atomic E-state index is -0.909. The molecule has 2 aromatic carbocycles. The second-order valence-electron chi connectivity index (χ2n) is 6.74. The fraction of sp³-hybridized carbons (Fsp3) is 0.300. The number of para-hydroxylation sites is 1. The number of hydrogen-bond donors (Lipinski definition) is 3. The average molecular weight is 374 g/mol. The number of carbonyl (C=O) groups is 2. The lowest BCUT2D eigenvalue weighted by Gasteiger charge is -2.13. The zero-order valence-corrected chi connectivity index (χ0v) is 15.0. The lowest BCUT2D eigenvalue weighted by atomic mass is 10.1. The van der Waals surface area contributed by atoms with Gasteiger partial charge in [-0.05, 0) is 50.1 Å². The summed E-state index contributed by atoms with van der Waals surface area (Å²) < 4.78 is 26.4. The van der Waals surface area contributed by atoms with Crippen LogP contribution in [-0.4, -0.2) is 24.4 Å². The van der Waals surface area contributed by atoms with Crippen molar-refractivity contribution in [2.24, 2.45) is 0 Å². The molecular formula is C20H22F2N3O2+. The zero-order valence-electron chi connectivity index (χ0n) is 15.0. The Balaban J connectivity index is 1.57. The van der Waals surface area contributed by atoms with E-state index in [0.29, 0.717) is 16.8 Å². The quantitative estimate of drug-likeness (QED) is 0.695. The monoisotopic (exact) mass is 374 g/mol. The van der Waals surface area contributed by atoms with Gasteiger partial charge in [-0.1, -0.05) is 12.1 Å². The lowest BCUT2D eigenvalue weighted by molar-refractivity contribution is -0.682. The van der Waals surface area contributed by atoms with Crippen LogP contribution in [0.25, 0.3) is 0 Å². The predicted octanol–water partition coefficient (Wildman–Crippen LogP) is 2.12. The molecule has 0 unspecified atom stereocenters. The smallest absolute Gasteiger partial charge is 0.279 e. The maximum atomic E-state index is 13.3. The fourth-order valence-corrected chi connectivity index (χ4v) is 2.70. The summed E-state index contributed by atoms with van der Waals surface area (Å²) in [6.07, 6.45) is 1.97.